The van der Waals surface area contributed by atoms with Crippen molar-refractivity contribution in [2.75, 3.05) is 40.3 Å². The van der Waals surface area contributed by atoms with E-state index in [1.165, 1.54) is 38.8 Å². The topological polar surface area (TPSA) is 39.7 Å². The SMILES string of the molecule is CN=C(NC)NCCN1CCCCCC1.I. The van der Waals surface area contributed by atoms with Gasteiger partial charge in [-0.05, 0) is 25.9 Å². The number of guanidine groups is 1. The van der Waals surface area contributed by atoms with E-state index in [1.54, 1.807) is 7.05 Å². The lowest BCUT2D eigenvalue weighted by Crippen LogP contribution is -2.40. The molecule has 1 heterocycles. The molecular formula is C11H25IN4. The summed E-state index contributed by atoms with van der Waals surface area (Å²) in [6.07, 6.45) is 5.53. The van der Waals surface area contributed by atoms with Crippen LogP contribution in [0.5, 0.6) is 0 Å². The summed E-state index contributed by atoms with van der Waals surface area (Å²) in [6.45, 7) is 4.63. The third-order valence-electron chi connectivity index (χ3n) is 2.88. The molecule has 0 spiro atoms. The van der Waals surface area contributed by atoms with Crippen molar-refractivity contribution >= 4 is 29.9 Å². The molecule has 1 saturated heterocycles. The van der Waals surface area contributed by atoms with Gasteiger partial charge >= 0.3 is 0 Å². The zero-order valence-corrected chi connectivity index (χ0v) is 12.8. The molecule has 0 saturated carbocycles. The molecule has 0 unspecified atom stereocenters. The van der Waals surface area contributed by atoms with Gasteiger partial charge < -0.3 is 15.5 Å². The number of halogens is 1. The predicted octanol–water partition coefficient (Wildman–Crippen LogP) is 1.28. The Morgan fingerprint density at radius 3 is 2.31 bits per heavy atom. The van der Waals surface area contributed by atoms with E-state index in [2.05, 4.69) is 20.5 Å². The van der Waals surface area contributed by atoms with Crippen LogP contribution in [0.15, 0.2) is 4.99 Å². The first-order valence-electron chi connectivity index (χ1n) is 5.97. The quantitative estimate of drug-likeness (QED) is 0.462. The highest BCUT2D eigenvalue weighted by molar-refractivity contribution is 14.0. The largest absolute Gasteiger partial charge is 0.359 e. The summed E-state index contributed by atoms with van der Waals surface area (Å²) in [5.74, 6) is 0.879. The lowest BCUT2D eigenvalue weighted by molar-refractivity contribution is 0.289. The Morgan fingerprint density at radius 2 is 1.81 bits per heavy atom. The van der Waals surface area contributed by atoms with Gasteiger partial charge in [0, 0.05) is 27.2 Å². The molecule has 0 amide bonds. The number of aliphatic imine (C=N–C) groups is 1. The normalized spacial score (nSPS) is 18.5. The Balaban J connectivity index is 0.00000225. The summed E-state index contributed by atoms with van der Waals surface area (Å²) in [5, 5.41) is 6.31. The number of nitrogens with zero attached hydrogens (tertiary/aromatic N) is 2. The average Bonchev–Trinajstić information content (AvgIpc) is 2.53. The van der Waals surface area contributed by atoms with Crippen LogP contribution in [0.3, 0.4) is 0 Å². The minimum absolute atomic E-state index is 0. The summed E-state index contributed by atoms with van der Waals surface area (Å²) in [5.41, 5.74) is 0. The van der Waals surface area contributed by atoms with Gasteiger partial charge in [0.05, 0.1) is 0 Å². The van der Waals surface area contributed by atoms with Crippen LogP contribution in [0.2, 0.25) is 0 Å². The van der Waals surface area contributed by atoms with Gasteiger partial charge in [-0.15, -0.1) is 24.0 Å². The fraction of sp³-hybridized carbons (Fsp3) is 0.909. The van der Waals surface area contributed by atoms with Gasteiger partial charge in [-0.3, -0.25) is 4.99 Å². The van der Waals surface area contributed by atoms with Crippen LogP contribution < -0.4 is 10.6 Å². The van der Waals surface area contributed by atoms with Gasteiger partial charge in [0.25, 0.3) is 0 Å². The molecule has 96 valence electrons. The van der Waals surface area contributed by atoms with Crippen LogP contribution in [0.1, 0.15) is 25.7 Å². The summed E-state index contributed by atoms with van der Waals surface area (Å²) in [6, 6.07) is 0. The van der Waals surface area contributed by atoms with Crippen LogP contribution in [0.4, 0.5) is 0 Å². The molecule has 4 nitrogen and oxygen atoms in total. The van der Waals surface area contributed by atoms with E-state index in [-0.39, 0.29) is 24.0 Å². The van der Waals surface area contributed by atoms with Crippen molar-refractivity contribution in [2.24, 2.45) is 4.99 Å². The number of rotatable bonds is 3. The van der Waals surface area contributed by atoms with Crippen LogP contribution in [-0.4, -0.2) is 51.1 Å². The molecular weight excluding hydrogens is 315 g/mol. The first-order valence-corrected chi connectivity index (χ1v) is 5.97. The van der Waals surface area contributed by atoms with Gasteiger partial charge in [-0.2, -0.15) is 0 Å². The van der Waals surface area contributed by atoms with E-state index in [9.17, 15) is 0 Å². The van der Waals surface area contributed by atoms with Gasteiger partial charge in [0.15, 0.2) is 5.96 Å². The van der Waals surface area contributed by atoms with E-state index in [0.717, 1.165) is 19.0 Å². The molecule has 1 fully saturated rings. The Kier molecular flexibility index (Phi) is 10.1. The first kappa shape index (κ1) is 16.0. The second-order valence-electron chi connectivity index (χ2n) is 4.00. The minimum atomic E-state index is 0. The maximum absolute atomic E-state index is 4.08. The van der Waals surface area contributed by atoms with Crippen molar-refractivity contribution in [3.8, 4) is 0 Å². The Morgan fingerprint density at radius 1 is 1.19 bits per heavy atom. The van der Waals surface area contributed by atoms with Crippen molar-refractivity contribution in [1.82, 2.24) is 15.5 Å². The van der Waals surface area contributed by atoms with Crippen LogP contribution >= 0.6 is 24.0 Å². The van der Waals surface area contributed by atoms with Crippen molar-refractivity contribution in [3.63, 3.8) is 0 Å². The fourth-order valence-electron chi connectivity index (χ4n) is 1.97. The summed E-state index contributed by atoms with van der Waals surface area (Å²) in [7, 11) is 3.69. The molecule has 0 aliphatic carbocycles. The van der Waals surface area contributed by atoms with E-state index in [1.807, 2.05) is 7.05 Å². The number of nitrogens with one attached hydrogen (secondary N) is 2. The molecule has 1 aliphatic heterocycles. The summed E-state index contributed by atoms with van der Waals surface area (Å²) >= 11 is 0. The number of hydrogen-bond donors (Lipinski definition) is 2. The molecule has 1 aliphatic rings. The lowest BCUT2D eigenvalue weighted by atomic mass is 10.2. The maximum atomic E-state index is 4.08. The molecule has 0 aromatic rings. The molecule has 0 aromatic carbocycles. The molecule has 1 rings (SSSR count). The van der Waals surface area contributed by atoms with Crippen molar-refractivity contribution in [2.45, 2.75) is 25.7 Å². The van der Waals surface area contributed by atoms with E-state index in [4.69, 9.17) is 0 Å². The average molecular weight is 340 g/mol. The summed E-state index contributed by atoms with van der Waals surface area (Å²) in [4.78, 5) is 6.63. The monoisotopic (exact) mass is 340 g/mol. The highest BCUT2D eigenvalue weighted by Gasteiger charge is 2.07. The summed E-state index contributed by atoms with van der Waals surface area (Å²) < 4.78 is 0. The second-order valence-corrected chi connectivity index (χ2v) is 4.00. The van der Waals surface area contributed by atoms with Crippen LogP contribution in [0.25, 0.3) is 0 Å². The Labute approximate surface area is 116 Å². The van der Waals surface area contributed by atoms with Crippen molar-refractivity contribution in [1.29, 1.82) is 0 Å². The van der Waals surface area contributed by atoms with Crippen molar-refractivity contribution < 1.29 is 0 Å². The molecule has 0 radical (unpaired) electrons. The Bertz CT molecular complexity index is 188. The van der Waals surface area contributed by atoms with E-state index in [0.29, 0.717) is 0 Å². The predicted molar refractivity (Wildman–Crippen MR) is 80.7 cm³/mol. The molecule has 0 bridgehead atoms. The third-order valence-corrected chi connectivity index (χ3v) is 2.88. The number of hydrogen-bond acceptors (Lipinski definition) is 2. The zero-order valence-electron chi connectivity index (χ0n) is 10.5. The van der Waals surface area contributed by atoms with E-state index < -0.39 is 0 Å². The highest BCUT2D eigenvalue weighted by atomic mass is 127. The standard InChI is InChI=1S/C11H24N4.HI/c1-12-11(13-2)14-7-10-15-8-5-3-4-6-9-15;/h3-10H2,1-2H3,(H2,12,13,14);1H. The molecule has 0 aromatic heterocycles. The third kappa shape index (κ3) is 6.52. The number of likely N-dealkylation sites (tertiary alicyclic amines) is 1. The van der Waals surface area contributed by atoms with Gasteiger partial charge in [0.2, 0.25) is 0 Å². The van der Waals surface area contributed by atoms with Gasteiger partial charge in [0.1, 0.15) is 0 Å². The fourth-order valence-corrected chi connectivity index (χ4v) is 1.97. The Hall–Kier alpha value is -0.0400. The van der Waals surface area contributed by atoms with Crippen LogP contribution in [0, 0.1) is 0 Å². The molecule has 0 atom stereocenters. The smallest absolute Gasteiger partial charge is 0.190 e. The zero-order chi connectivity index (χ0) is 10.9. The van der Waals surface area contributed by atoms with E-state index >= 15 is 0 Å². The molecule has 2 N–H and O–H groups in total. The second kappa shape index (κ2) is 10.1. The first-order chi connectivity index (χ1) is 7.36. The minimum Gasteiger partial charge on any atom is -0.359 e. The van der Waals surface area contributed by atoms with Gasteiger partial charge in [-0.25, -0.2) is 0 Å². The highest BCUT2D eigenvalue weighted by Crippen LogP contribution is 2.08. The van der Waals surface area contributed by atoms with Crippen LogP contribution in [-0.2, 0) is 0 Å². The lowest BCUT2D eigenvalue weighted by Gasteiger charge is -2.20. The molecule has 5 heteroatoms. The van der Waals surface area contributed by atoms with Gasteiger partial charge in [-0.1, -0.05) is 12.8 Å². The van der Waals surface area contributed by atoms with Crippen molar-refractivity contribution in [3.05, 3.63) is 0 Å². The maximum Gasteiger partial charge on any atom is 0.190 e. The molecule has 16 heavy (non-hydrogen) atoms.